The molecule has 18 heavy (non-hydrogen) atoms. The second kappa shape index (κ2) is 5.50. The molecule has 0 fully saturated rings. The molecule has 0 bridgehead atoms. The lowest BCUT2D eigenvalue weighted by atomic mass is 10.2. The summed E-state index contributed by atoms with van der Waals surface area (Å²) in [5, 5.41) is 20.8. The van der Waals surface area contributed by atoms with Crippen molar-refractivity contribution in [3.8, 4) is 0 Å². The third-order valence-electron chi connectivity index (χ3n) is 2.30. The summed E-state index contributed by atoms with van der Waals surface area (Å²) in [6.07, 6.45) is 1.44. The summed E-state index contributed by atoms with van der Waals surface area (Å²) < 4.78 is 0. The van der Waals surface area contributed by atoms with Gasteiger partial charge in [-0.15, -0.1) is 0 Å². The molecule has 1 aromatic carbocycles. The maximum atomic E-state index is 10.8. The average Bonchev–Trinajstić information content (AvgIpc) is 2.88. The SMILES string of the molecule is CNc1cc(CSc2ncn[nH]2)ccc1[N+](=O)[O-]. The lowest BCUT2D eigenvalue weighted by Crippen LogP contribution is -1.97. The zero-order chi connectivity index (χ0) is 13.0. The number of nitrogens with zero attached hydrogens (tertiary/aromatic N) is 3. The van der Waals surface area contributed by atoms with Crippen LogP contribution in [0.4, 0.5) is 11.4 Å². The van der Waals surface area contributed by atoms with Crippen molar-refractivity contribution in [2.24, 2.45) is 0 Å². The fourth-order valence-electron chi connectivity index (χ4n) is 1.45. The molecule has 0 saturated carbocycles. The highest BCUT2D eigenvalue weighted by Crippen LogP contribution is 2.27. The predicted octanol–water partition coefficient (Wildman–Crippen LogP) is 2.05. The second-order valence-corrected chi connectivity index (χ2v) is 4.40. The molecule has 0 saturated heterocycles. The minimum Gasteiger partial charge on any atom is -0.383 e. The molecule has 0 amide bonds. The average molecular weight is 265 g/mol. The van der Waals surface area contributed by atoms with Crippen molar-refractivity contribution in [1.82, 2.24) is 15.2 Å². The van der Waals surface area contributed by atoms with Gasteiger partial charge in [0.1, 0.15) is 12.0 Å². The summed E-state index contributed by atoms with van der Waals surface area (Å²) in [7, 11) is 1.66. The monoisotopic (exact) mass is 265 g/mol. The molecule has 7 nitrogen and oxygen atoms in total. The topological polar surface area (TPSA) is 96.7 Å². The highest BCUT2D eigenvalue weighted by molar-refractivity contribution is 7.98. The van der Waals surface area contributed by atoms with E-state index in [-0.39, 0.29) is 5.69 Å². The zero-order valence-corrected chi connectivity index (χ0v) is 10.4. The van der Waals surface area contributed by atoms with Gasteiger partial charge in [-0.2, -0.15) is 5.10 Å². The van der Waals surface area contributed by atoms with Crippen molar-refractivity contribution >= 4 is 23.1 Å². The van der Waals surface area contributed by atoms with E-state index in [1.807, 2.05) is 0 Å². The van der Waals surface area contributed by atoms with Gasteiger partial charge in [-0.25, -0.2) is 4.98 Å². The van der Waals surface area contributed by atoms with E-state index in [4.69, 9.17) is 0 Å². The van der Waals surface area contributed by atoms with Crippen LogP contribution in [0, 0.1) is 10.1 Å². The number of nitro groups is 1. The highest BCUT2D eigenvalue weighted by Gasteiger charge is 2.12. The summed E-state index contributed by atoms with van der Waals surface area (Å²) >= 11 is 1.49. The molecule has 8 heteroatoms. The minimum atomic E-state index is -0.404. The molecule has 2 rings (SSSR count). The highest BCUT2D eigenvalue weighted by atomic mass is 32.2. The lowest BCUT2D eigenvalue weighted by Gasteiger charge is -2.05. The Morgan fingerprint density at radius 2 is 2.39 bits per heavy atom. The summed E-state index contributed by atoms with van der Waals surface area (Å²) in [6.45, 7) is 0. The molecular formula is C10H11N5O2S. The molecule has 2 aromatic rings. The van der Waals surface area contributed by atoms with Crippen LogP contribution in [0.1, 0.15) is 5.56 Å². The van der Waals surface area contributed by atoms with Gasteiger partial charge in [-0.3, -0.25) is 15.2 Å². The van der Waals surface area contributed by atoms with Gasteiger partial charge >= 0.3 is 0 Å². The number of hydrogen-bond acceptors (Lipinski definition) is 6. The Morgan fingerprint density at radius 1 is 1.56 bits per heavy atom. The number of H-pyrrole nitrogens is 1. The van der Waals surface area contributed by atoms with Crippen LogP contribution in [-0.2, 0) is 5.75 Å². The van der Waals surface area contributed by atoms with Gasteiger partial charge < -0.3 is 5.32 Å². The normalized spacial score (nSPS) is 10.3. The fraction of sp³-hybridized carbons (Fsp3) is 0.200. The Kier molecular flexibility index (Phi) is 3.78. The van der Waals surface area contributed by atoms with E-state index in [0.717, 1.165) is 10.7 Å². The van der Waals surface area contributed by atoms with Gasteiger partial charge in [-0.05, 0) is 11.6 Å². The number of aromatic amines is 1. The Labute approximate surface area is 107 Å². The van der Waals surface area contributed by atoms with Crippen LogP contribution in [0.5, 0.6) is 0 Å². The quantitative estimate of drug-likeness (QED) is 0.488. The lowest BCUT2D eigenvalue weighted by molar-refractivity contribution is -0.383. The van der Waals surface area contributed by atoms with Crippen LogP contribution in [0.2, 0.25) is 0 Å². The summed E-state index contributed by atoms with van der Waals surface area (Å²) in [4.78, 5) is 14.4. The first-order valence-electron chi connectivity index (χ1n) is 5.14. The number of thioether (sulfide) groups is 1. The van der Waals surface area contributed by atoms with Crippen molar-refractivity contribution < 1.29 is 4.92 Å². The van der Waals surface area contributed by atoms with Crippen molar-refractivity contribution in [3.63, 3.8) is 0 Å². The number of benzene rings is 1. The van der Waals surface area contributed by atoms with Crippen LogP contribution in [0.15, 0.2) is 29.7 Å². The van der Waals surface area contributed by atoms with Gasteiger partial charge in [0.05, 0.1) is 4.92 Å². The Balaban J connectivity index is 2.12. The Bertz CT molecular complexity index is 543. The standard InChI is InChI=1S/C10H11N5O2S/c1-11-8-4-7(2-3-9(8)15(16)17)5-18-10-12-6-13-14-10/h2-4,6,11H,5H2,1H3,(H,12,13,14). The molecular weight excluding hydrogens is 254 g/mol. The molecule has 0 aliphatic carbocycles. The number of rotatable bonds is 5. The van der Waals surface area contributed by atoms with Gasteiger partial charge in [0.2, 0.25) is 0 Å². The molecule has 0 spiro atoms. The fourth-order valence-corrected chi connectivity index (χ4v) is 2.17. The molecule has 0 unspecified atom stereocenters. The molecule has 2 N–H and O–H groups in total. The first kappa shape index (κ1) is 12.4. The van der Waals surface area contributed by atoms with E-state index >= 15 is 0 Å². The largest absolute Gasteiger partial charge is 0.383 e. The minimum absolute atomic E-state index is 0.0749. The van der Waals surface area contributed by atoms with E-state index in [1.54, 1.807) is 19.2 Å². The summed E-state index contributed by atoms with van der Waals surface area (Å²) in [5.41, 5.74) is 1.56. The van der Waals surface area contributed by atoms with Crippen LogP contribution >= 0.6 is 11.8 Å². The molecule has 1 heterocycles. The molecule has 0 atom stereocenters. The number of hydrogen-bond donors (Lipinski definition) is 2. The number of nitrogens with one attached hydrogen (secondary N) is 2. The first-order valence-corrected chi connectivity index (χ1v) is 6.12. The van der Waals surface area contributed by atoms with Gasteiger partial charge in [0.15, 0.2) is 5.16 Å². The van der Waals surface area contributed by atoms with Crippen molar-refractivity contribution in [2.75, 3.05) is 12.4 Å². The first-order chi connectivity index (χ1) is 8.70. The maximum absolute atomic E-state index is 10.8. The van der Waals surface area contributed by atoms with Gasteiger partial charge in [0.25, 0.3) is 5.69 Å². The maximum Gasteiger partial charge on any atom is 0.292 e. The van der Waals surface area contributed by atoms with Crippen molar-refractivity contribution in [3.05, 3.63) is 40.2 Å². The van der Waals surface area contributed by atoms with Crippen LogP contribution in [0.25, 0.3) is 0 Å². The number of anilines is 1. The zero-order valence-electron chi connectivity index (χ0n) is 9.58. The smallest absolute Gasteiger partial charge is 0.292 e. The predicted molar refractivity (Wildman–Crippen MR) is 68.6 cm³/mol. The second-order valence-electron chi connectivity index (χ2n) is 3.44. The van der Waals surface area contributed by atoms with E-state index in [9.17, 15) is 10.1 Å². The van der Waals surface area contributed by atoms with Gasteiger partial charge in [-0.1, -0.05) is 17.8 Å². The van der Waals surface area contributed by atoms with Gasteiger partial charge in [0, 0.05) is 18.9 Å². The van der Waals surface area contributed by atoms with Crippen LogP contribution in [-0.4, -0.2) is 27.2 Å². The molecule has 1 aromatic heterocycles. The molecule has 94 valence electrons. The molecule has 0 radical (unpaired) electrons. The van der Waals surface area contributed by atoms with E-state index < -0.39 is 4.92 Å². The summed E-state index contributed by atoms with van der Waals surface area (Å²) in [5.74, 6) is 0.669. The van der Waals surface area contributed by atoms with E-state index in [1.165, 1.54) is 24.2 Å². The third kappa shape index (κ3) is 2.77. The molecule has 0 aliphatic rings. The van der Waals surface area contributed by atoms with Crippen molar-refractivity contribution in [1.29, 1.82) is 0 Å². The van der Waals surface area contributed by atoms with E-state index in [0.29, 0.717) is 11.4 Å². The summed E-state index contributed by atoms with van der Waals surface area (Å²) in [6, 6.07) is 5.01. The molecule has 0 aliphatic heterocycles. The Hall–Kier alpha value is -2.09. The van der Waals surface area contributed by atoms with Crippen LogP contribution in [0.3, 0.4) is 0 Å². The number of aromatic nitrogens is 3. The third-order valence-corrected chi connectivity index (χ3v) is 3.24. The van der Waals surface area contributed by atoms with E-state index in [2.05, 4.69) is 20.5 Å². The van der Waals surface area contributed by atoms with Crippen molar-refractivity contribution in [2.45, 2.75) is 10.9 Å². The number of nitro benzene ring substituents is 1. The van der Waals surface area contributed by atoms with Crippen LogP contribution < -0.4 is 5.32 Å². The Morgan fingerprint density at radius 3 is 3.00 bits per heavy atom.